The van der Waals surface area contributed by atoms with E-state index in [1.807, 2.05) is 0 Å². The third-order valence-electron chi connectivity index (χ3n) is 7.21. The molecule has 1 saturated carbocycles. The summed E-state index contributed by atoms with van der Waals surface area (Å²) in [5.41, 5.74) is 1.43. The van der Waals surface area contributed by atoms with Crippen LogP contribution in [0.5, 0.6) is 0 Å². The van der Waals surface area contributed by atoms with Crippen molar-refractivity contribution >= 4 is 0 Å². The van der Waals surface area contributed by atoms with E-state index < -0.39 is 0 Å². The fraction of sp³-hybridized carbons (Fsp3) is 1.00. The second-order valence-electron chi connectivity index (χ2n) is 10.4. The molecule has 3 fully saturated rings. The molecule has 0 N–H and O–H groups in total. The highest BCUT2D eigenvalue weighted by molar-refractivity contribution is 4.98. The van der Waals surface area contributed by atoms with Crippen LogP contribution in [0.25, 0.3) is 0 Å². The standard InChI is InChI=1S/C22H42N2/c1-19(2)5-12-23-13-8-21(9-14-23)10-15-24(16-11-21)18-22(6-7-22)17-20(3)4/h19-20H,5-18H2,1-4H3. The second kappa shape index (κ2) is 7.66. The number of rotatable bonds is 7. The minimum atomic E-state index is 0.708. The lowest BCUT2D eigenvalue weighted by Gasteiger charge is -2.47. The molecule has 0 aromatic carbocycles. The molecule has 24 heavy (non-hydrogen) atoms. The number of nitrogens with zero attached hydrogens (tertiary/aromatic N) is 2. The topological polar surface area (TPSA) is 6.48 Å². The normalized spacial score (nSPS) is 27.2. The van der Waals surface area contributed by atoms with Crippen molar-refractivity contribution in [1.82, 2.24) is 9.80 Å². The molecule has 2 heterocycles. The molecule has 0 amide bonds. The minimum Gasteiger partial charge on any atom is -0.303 e. The Labute approximate surface area is 151 Å². The molecular formula is C22H42N2. The SMILES string of the molecule is CC(C)CCN1CCC2(CC1)CCN(CC1(CC(C)C)CC1)CC2. The summed E-state index contributed by atoms with van der Waals surface area (Å²) in [7, 11) is 0. The van der Waals surface area contributed by atoms with Gasteiger partial charge in [-0.1, -0.05) is 27.7 Å². The van der Waals surface area contributed by atoms with E-state index >= 15 is 0 Å². The van der Waals surface area contributed by atoms with Crippen LogP contribution in [-0.2, 0) is 0 Å². The maximum absolute atomic E-state index is 2.83. The predicted molar refractivity (Wildman–Crippen MR) is 104 cm³/mol. The Hall–Kier alpha value is -0.0800. The molecular weight excluding hydrogens is 292 g/mol. The zero-order valence-corrected chi connectivity index (χ0v) is 16.9. The molecule has 3 rings (SSSR count). The third-order valence-corrected chi connectivity index (χ3v) is 7.21. The van der Waals surface area contributed by atoms with Gasteiger partial charge in [0.15, 0.2) is 0 Å². The molecule has 2 nitrogen and oxygen atoms in total. The predicted octanol–water partition coefficient (Wildman–Crippen LogP) is 5.04. The van der Waals surface area contributed by atoms with Crippen LogP contribution in [0.4, 0.5) is 0 Å². The zero-order chi connectivity index (χ0) is 17.2. The largest absolute Gasteiger partial charge is 0.303 e. The Bertz CT molecular complexity index is 379. The number of piperidine rings is 2. The van der Waals surface area contributed by atoms with Gasteiger partial charge in [-0.2, -0.15) is 0 Å². The quantitative estimate of drug-likeness (QED) is 0.644. The summed E-state index contributed by atoms with van der Waals surface area (Å²) >= 11 is 0. The Kier molecular flexibility index (Phi) is 5.97. The molecule has 1 spiro atoms. The molecule has 140 valence electrons. The van der Waals surface area contributed by atoms with Gasteiger partial charge in [0.25, 0.3) is 0 Å². The summed E-state index contributed by atoms with van der Waals surface area (Å²) in [5.74, 6) is 1.73. The lowest BCUT2D eigenvalue weighted by atomic mass is 9.71. The van der Waals surface area contributed by atoms with E-state index in [1.165, 1.54) is 90.6 Å². The molecule has 0 unspecified atom stereocenters. The minimum absolute atomic E-state index is 0.708. The van der Waals surface area contributed by atoms with E-state index in [1.54, 1.807) is 0 Å². The first kappa shape index (κ1) is 18.7. The maximum atomic E-state index is 2.83. The van der Waals surface area contributed by atoms with Gasteiger partial charge in [-0.15, -0.1) is 0 Å². The van der Waals surface area contributed by atoms with Crippen LogP contribution in [0, 0.1) is 22.7 Å². The van der Waals surface area contributed by atoms with Crippen LogP contribution >= 0.6 is 0 Å². The Morgan fingerprint density at radius 1 is 0.708 bits per heavy atom. The lowest BCUT2D eigenvalue weighted by Crippen LogP contribution is -2.48. The van der Waals surface area contributed by atoms with Gasteiger partial charge in [0, 0.05) is 6.54 Å². The van der Waals surface area contributed by atoms with Crippen molar-refractivity contribution in [3.63, 3.8) is 0 Å². The fourth-order valence-corrected chi connectivity index (χ4v) is 5.32. The summed E-state index contributed by atoms with van der Waals surface area (Å²) in [5, 5.41) is 0. The zero-order valence-electron chi connectivity index (χ0n) is 16.9. The highest BCUT2D eigenvalue weighted by atomic mass is 15.2. The summed E-state index contributed by atoms with van der Waals surface area (Å²) in [6, 6.07) is 0. The highest BCUT2D eigenvalue weighted by Gasteiger charge is 2.45. The van der Waals surface area contributed by atoms with Crippen molar-refractivity contribution in [3.8, 4) is 0 Å². The van der Waals surface area contributed by atoms with Crippen LogP contribution in [0.1, 0.15) is 79.1 Å². The Morgan fingerprint density at radius 2 is 1.25 bits per heavy atom. The van der Waals surface area contributed by atoms with Crippen LogP contribution < -0.4 is 0 Å². The molecule has 0 radical (unpaired) electrons. The maximum Gasteiger partial charge on any atom is 0.00381 e. The highest BCUT2D eigenvalue weighted by Crippen LogP contribution is 2.52. The van der Waals surface area contributed by atoms with Crippen molar-refractivity contribution in [2.24, 2.45) is 22.7 Å². The Balaban J connectivity index is 1.39. The van der Waals surface area contributed by atoms with Gasteiger partial charge in [0.05, 0.1) is 0 Å². The van der Waals surface area contributed by atoms with E-state index in [9.17, 15) is 0 Å². The van der Waals surface area contributed by atoms with E-state index in [0.717, 1.165) is 17.3 Å². The van der Waals surface area contributed by atoms with Gasteiger partial charge in [0.2, 0.25) is 0 Å². The summed E-state index contributed by atoms with van der Waals surface area (Å²) in [6.45, 7) is 17.7. The number of likely N-dealkylation sites (tertiary alicyclic amines) is 2. The van der Waals surface area contributed by atoms with Crippen molar-refractivity contribution in [2.45, 2.75) is 79.1 Å². The first-order valence-corrected chi connectivity index (χ1v) is 10.9. The molecule has 2 heteroatoms. The molecule has 3 aliphatic rings. The van der Waals surface area contributed by atoms with Crippen LogP contribution in [0.15, 0.2) is 0 Å². The van der Waals surface area contributed by atoms with Crippen molar-refractivity contribution in [3.05, 3.63) is 0 Å². The smallest absolute Gasteiger partial charge is 0.00381 e. The fourth-order valence-electron chi connectivity index (χ4n) is 5.32. The van der Waals surface area contributed by atoms with E-state index in [0.29, 0.717) is 5.41 Å². The summed E-state index contributed by atoms with van der Waals surface area (Å²) in [4.78, 5) is 5.56. The molecule has 2 aliphatic heterocycles. The average molecular weight is 335 g/mol. The van der Waals surface area contributed by atoms with Crippen molar-refractivity contribution in [1.29, 1.82) is 0 Å². The molecule has 2 saturated heterocycles. The molecule has 0 aromatic rings. The van der Waals surface area contributed by atoms with Gasteiger partial charge in [0.1, 0.15) is 0 Å². The van der Waals surface area contributed by atoms with E-state index in [2.05, 4.69) is 37.5 Å². The van der Waals surface area contributed by atoms with Crippen LogP contribution in [0.2, 0.25) is 0 Å². The molecule has 1 aliphatic carbocycles. The first-order valence-electron chi connectivity index (χ1n) is 10.9. The monoisotopic (exact) mass is 334 g/mol. The van der Waals surface area contributed by atoms with Crippen LogP contribution in [-0.4, -0.2) is 49.1 Å². The molecule has 0 atom stereocenters. The average Bonchev–Trinajstić information content (AvgIpc) is 3.28. The van der Waals surface area contributed by atoms with Gasteiger partial charge >= 0.3 is 0 Å². The van der Waals surface area contributed by atoms with Gasteiger partial charge in [-0.25, -0.2) is 0 Å². The van der Waals surface area contributed by atoms with Crippen LogP contribution in [0.3, 0.4) is 0 Å². The third kappa shape index (κ3) is 4.97. The molecule has 0 aromatic heterocycles. The van der Waals surface area contributed by atoms with E-state index in [-0.39, 0.29) is 0 Å². The van der Waals surface area contributed by atoms with Gasteiger partial charge in [-0.3, -0.25) is 0 Å². The molecule has 0 bridgehead atoms. The summed E-state index contributed by atoms with van der Waals surface area (Å²) in [6.07, 6.45) is 11.7. The van der Waals surface area contributed by atoms with Gasteiger partial charge in [-0.05, 0) is 107 Å². The van der Waals surface area contributed by atoms with Gasteiger partial charge < -0.3 is 9.80 Å². The van der Waals surface area contributed by atoms with E-state index in [4.69, 9.17) is 0 Å². The Morgan fingerprint density at radius 3 is 1.71 bits per heavy atom. The second-order valence-corrected chi connectivity index (χ2v) is 10.4. The lowest BCUT2D eigenvalue weighted by molar-refractivity contribution is 0.0260. The summed E-state index contributed by atoms with van der Waals surface area (Å²) < 4.78 is 0. The number of hydrogen-bond donors (Lipinski definition) is 0. The number of hydrogen-bond acceptors (Lipinski definition) is 2. The van der Waals surface area contributed by atoms with Crippen molar-refractivity contribution in [2.75, 3.05) is 39.3 Å². The first-order chi connectivity index (χ1) is 11.4. The van der Waals surface area contributed by atoms with Crippen molar-refractivity contribution < 1.29 is 0 Å².